The highest BCUT2D eigenvalue weighted by Gasteiger charge is 2.20. The molecule has 7 nitrogen and oxygen atoms in total. The van der Waals surface area contributed by atoms with Gasteiger partial charge in [-0.1, -0.05) is 49.7 Å². The van der Waals surface area contributed by atoms with E-state index in [0.717, 1.165) is 71.0 Å². The largest absolute Gasteiger partial charge is 0.486 e. The van der Waals surface area contributed by atoms with Crippen LogP contribution >= 0.6 is 11.3 Å². The predicted octanol–water partition coefficient (Wildman–Crippen LogP) is 7.41. The number of carbonyl (C=O) groups is 2. The number of nitrogens with zero attached hydrogens (tertiary/aromatic N) is 2. The SMILES string of the molecule is CCCc1ccc(-c2sc(COc3ccc(OCC(=O)O)c(C)c3)nc2-c2ccc(C(=O)N3CCCCC3)cc2)cc1. The van der Waals surface area contributed by atoms with Crippen LogP contribution in [-0.2, 0) is 17.8 Å². The normalized spacial score (nSPS) is 13.1. The Labute approximate surface area is 250 Å². The fourth-order valence-corrected chi connectivity index (χ4v) is 6.14. The highest BCUT2D eigenvalue weighted by atomic mass is 32.1. The lowest BCUT2D eigenvalue weighted by atomic mass is 10.0. The summed E-state index contributed by atoms with van der Waals surface area (Å²) in [5.74, 6) is 0.235. The van der Waals surface area contributed by atoms with Crippen LogP contribution in [0.2, 0.25) is 0 Å². The molecule has 0 saturated carbocycles. The van der Waals surface area contributed by atoms with E-state index in [2.05, 4.69) is 31.2 Å². The van der Waals surface area contributed by atoms with E-state index in [1.54, 1.807) is 23.5 Å². The molecule has 0 atom stereocenters. The Bertz CT molecular complexity index is 1520. The summed E-state index contributed by atoms with van der Waals surface area (Å²) in [6.07, 6.45) is 5.46. The topological polar surface area (TPSA) is 89.0 Å². The third kappa shape index (κ3) is 7.18. The first-order chi connectivity index (χ1) is 20.4. The number of hydrogen-bond donors (Lipinski definition) is 1. The van der Waals surface area contributed by atoms with Crippen molar-refractivity contribution >= 4 is 23.2 Å². The van der Waals surface area contributed by atoms with Crippen molar-refractivity contribution in [2.75, 3.05) is 19.7 Å². The molecule has 0 unspecified atom stereocenters. The van der Waals surface area contributed by atoms with Crippen LogP contribution in [0.5, 0.6) is 11.5 Å². The van der Waals surface area contributed by atoms with E-state index in [1.165, 1.54) is 12.0 Å². The Morgan fingerprint density at radius 3 is 2.31 bits per heavy atom. The van der Waals surface area contributed by atoms with Crippen molar-refractivity contribution in [2.24, 2.45) is 0 Å². The number of aryl methyl sites for hydroxylation is 2. The molecule has 3 aromatic carbocycles. The number of aromatic nitrogens is 1. The Balaban J connectivity index is 1.38. The lowest BCUT2D eigenvalue weighted by Gasteiger charge is -2.26. The van der Waals surface area contributed by atoms with Gasteiger partial charge in [-0.3, -0.25) is 4.79 Å². The number of benzene rings is 3. The highest BCUT2D eigenvalue weighted by Crippen LogP contribution is 2.38. The molecule has 1 aliphatic rings. The molecule has 0 bridgehead atoms. The highest BCUT2D eigenvalue weighted by molar-refractivity contribution is 7.15. The molecular formula is C34H36N2O5S. The molecule has 0 spiro atoms. The van der Waals surface area contributed by atoms with Crippen molar-refractivity contribution in [3.63, 3.8) is 0 Å². The van der Waals surface area contributed by atoms with Crippen molar-refractivity contribution in [3.8, 4) is 33.2 Å². The summed E-state index contributed by atoms with van der Waals surface area (Å²) in [5, 5.41) is 9.71. The number of carboxylic acid groups (broad SMARTS) is 1. The number of rotatable bonds is 11. The van der Waals surface area contributed by atoms with Crippen molar-refractivity contribution in [1.29, 1.82) is 0 Å². The summed E-state index contributed by atoms with van der Waals surface area (Å²) in [7, 11) is 0. The molecule has 4 aromatic rings. The molecule has 8 heteroatoms. The molecule has 1 amide bonds. The van der Waals surface area contributed by atoms with E-state index in [-0.39, 0.29) is 12.5 Å². The summed E-state index contributed by atoms with van der Waals surface area (Å²) in [6.45, 7) is 5.58. The van der Waals surface area contributed by atoms with Crippen LogP contribution in [0, 0.1) is 6.92 Å². The van der Waals surface area contributed by atoms with Gasteiger partial charge in [-0.05, 0) is 79.6 Å². The van der Waals surface area contributed by atoms with Gasteiger partial charge in [0, 0.05) is 24.2 Å². The molecule has 1 saturated heterocycles. The molecule has 1 fully saturated rings. The molecule has 218 valence electrons. The van der Waals surface area contributed by atoms with Crippen LogP contribution in [0.25, 0.3) is 21.7 Å². The van der Waals surface area contributed by atoms with Gasteiger partial charge in [-0.15, -0.1) is 11.3 Å². The number of thiazole rings is 1. The van der Waals surface area contributed by atoms with Crippen LogP contribution in [0.4, 0.5) is 0 Å². The van der Waals surface area contributed by atoms with Crippen LogP contribution in [-0.4, -0.2) is 46.6 Å². The van der Waals surface area contributed by atoms with Gasteiger partial charge >= 0.3 is 5.97 Å². The minimum Gasteiger partial charge on any atom is -0.486 e. The first kappa shape index (κ1) is 29.3. The molecule has 42 heavy (non-hydrogen) atoms. The van der Waals surface area contributed by atoms with Gasteiger partial charge < -0.3 is 19.5 Å². The zero-order valence-electron chi connectivity index (χ0n) is 24.1. The average Bonchev–Trinajstić information content (AvgIpc) is 3.44. The third-order valence-corrected chi connectivity index (χ3v) is 8.41. The molecule has 5 rings (SSSR count). The smallest absolute Gasteiger partial charge is 0.341 e. The summed E-state index contributed by atoms with van der Waals surface area (Å²) in [4.78, 5) is 31.8. The number of likely N-dealkylation sites (tertiary alicyclic amines) is 1. The van der Waals surface area contributed by atoms with E-state index < -0.39 is 12.6 Å². The van der Waals surface area contributed by atoms with E-state index in [9.17, 15) is 9.59 Å². The maximum absolute atomic E-state index is 13.0. The number of carboxylic acids is 1. The van der Waals surface area contributed by atoms with E-state index >= 15 is 0 Å². The quantitative estimate of drug-likeness (QED) is 0.198. The van der Waals surface area contributed by atoms with Crippen LogP contribution in [0.15, 0.2) is 66.7 Å². The average molecular weight is 585 g/mol. The minimum atomic E-state index is -1.02. The number of piperidine rings is 1. The van der Waals surface area contributed by atoms with Gasteiger partial charge in [0.25, 0.3) is 5.91 Å². The lowest BCUT2D eigenvalue weighted by Crippen LogP contribution is -2.35. The molecule has 2 heterocycles. The van der Waals surface area contributed by atoms with E-state index in [0.29, 0.717) is 17.1 Å². The van der Waals surface area contributed by atoms with E-state index in [1.807, 2.05) is 42.2 Å². The number of aliphatic carboxylic acids is 1. The first-order valence-corrected chi connectivity index (χ1v) is 15.3. The second-order valence-corrected chi connectivity index (χ2v) is 11.6. The van der Waals surface area contributed by atoms with Crippen molar-refractivity contribution in [2.45, 2.75) is 52.6 Å². The predicted molar refractivity (Wildman–Crippen MR) is 165 cm³/mol. The van der Waals surface area contributed by atoms with Crippen molar-refractivity contribution in [3.05, 3.63) is 88.4 Å². The van der Waals surface area contributed by atoms with Crippen LogP contribution in [0.1, 0.15) is 59.1 Å². The number of amides is 1. The van der Waals surface area contributed by atoms with Gasteiger partial charge in [-0.2, -0.15) is 0 Å². The fourth-order valence-electron chi connectivity index (χ4n) is 5.14. The Kier molecular flexibility index (Phi) is 9.54. The second kappa shape index (κ2) is 13.7. The number of carbonyl (C=O) groups excluding carboxylic acids is 1. The lowest BCUT2D eigenvalue weighted by molar-refractivity contribution is -0.139. The zero-order valence-corrected chi connectivity index (χ0v) is 24.9. The Hall–Kier alpha value is -4.17. The number of hydrogen-bond acceptors (Lipinski definition) is 6. The zero-order chi connectivity index (χ0) is 29.5. The standard InChI is InChI=1S/C34H36N2O5S/c1-3-7-24-8-10-26(11-9-24)33-32(25-12-14-27(15-13-25)34(39)36-18-5-4-6-19-36)35-30(42-33)21-40-28-16-17-29(23(2)20-28)41-22-31(37)38/h8-17,20H,3-7,18-19,21-22H2,1-2H3,(H,37,38). The Morgan fingerprint density at radius 2 is 1.64 bits per heavy atom. The van der Waals surface area contributed by atoms with Gasteiger partial charge in [0.05, 0.1) is 10.6 Å². The third-order valence-electron chi connectivity index (χ3n) is 7.33. The van der Waals surface area contributed by atoms with Crippen molar-refractivity contribution in [1.82, 2.24) is 9.88 Å². The summed E-state index contributed by atoms with van der Waals surface area (Å²) < 4.78 is 11.4. The second-order valence-electron chi connectivity index (χ2n) is 10.6. The van der Waals surface area contributed by atoms with Crippen LogP contribution in [0.3, 0.4) is 0 Å². The van der Waals surface area contributed by atoms with Gasteiger partial charge in [0.1, 0.15) is 23.1 Å². The van der Waals surface area contributed by atoms with Crippen molar-refractivity contribution < 1.29 is 24.2 Å². The van der Waals surface area contributed by atoms with E-state index in [4.69, 9.17) is 19.6 Å². The first-order valence-electron chi connectivity index (χ1n) is 14.5. The van der Waals surface area contributed by atoms with Gasteiger partial charge in [-0.25, -0.2) is 9.78 Å². The minimum absolute atomic E-state index is 0.0926. The fraction of sp³-hybridized carbons (Fsp3) is 0.324. The monoisotopic (exact) mass is 584 g/mol. The van der Waals surface area contributed by atoms with Crippen LogP contribution < -0.4 is 9.47 Å². The maximum Gasteiger partial charge on any atom is 0.341 e. The molecule has 0 radical (unpaired) electrons. The maximum atomic E-state index is 13.0. The Morgan fingerprint density at radius 1 is 0.929 bits per heavy atom. The summed E-state index contributed by atoms with van der Waals surface area (Å²) >= 11 is 1.60. The molecule has 0 aliphatic carbocycles. The molecule has 1 aromatic heterocycles. The number of ether oxygens (including phenoxy) is 2. The van der Waals surface area contributed by atoms with Gasteiger partial charge in [0.15, 0.2) is 6.61 Å². The molecular weight excluding hydrogens is 548 g/mol. The molecule has 1 N–H and O–H groups in total. The van der Waals surface area contributed by atoms with Gasteiger partial charge in [0.2, 0.25) is 0 Å². The summed E-state index contributed by atoms with van der Waals surface area (Å²) in [6, 6.07) is 21.8. The summed E-state index contributed by atoms with van der Waals surface area (Å²) in [5.41, 5.74) is 5.72. The molecule has 1 aliphatic heterocycles.